The number of carbonyl (C=O) groups excluding carboxylic acids is 1. The lowest BCUT2D eigenvalue weighted by molar-refractivity contribution is -0.118. The number of aromatic nitrogens is 2. The molecule has 0 unspecified atom stereocenters. The first-order valence-electron chi connectivity index (χ1n) is 6.95. The molecule has 0 fully saturated rings. The Labute approximate surface area is 152 Å². The van der Waals surface area contributed by atoms with Gasteiger partial charge in [0.2, 0.25) is 5.91 Å². The Kier molecular flexibility index (Phi) is 5.40. The van der Waals surface area contributed by atoms with Crippen molar-refractivity contribution in [1.82, 2.24) is 15.4 Å². The first kappa shape index (κ1) is 16.8. The number of nitrogens with zero attached hydrogens (tertiary/aromatic N) is 2. The second kappa shape index (κ2) is 7.70. The van der Waals surface area contributed by atoms with Crippen LogP contribution >= 0.6 is 35.0 Å². The Hall–Kier alpha value is -2.02. The summed E-state index contributed by atoms with van der Waals surface area (Å²) in [6, 6.07) is 9.49. The monoisotopic (exact) mass is 378 g/mol. The van der Waals surface area contributed by atoms with Crippen molar-refractivity contribution < 1.29 is 4.79 Å². The van der Waals surface area contributed by atoms with Gasteiger partial charge in [0.25, 0.3) is 0 Å². The molecule has 2 heterocycles. The highest BCUT2D eigenvalue weighted by Gasteiger charge is 2.05. The predicted molar refractivity (Wildman–Crippen MR) is 99.0 cm³/mol. The van der Waals surface area contributed by atoms with Crippen molar-refractivity contribution >= 4 is 58.0 Å². The van der Waals surface area contributed by atoms with E-state index in [4.69, 9.17) is 23.2 Å². The second-order valence-corrected chi connectivity index (χ2v) is 6.62. The zero-order valence-electron chi connectivity index (χ0n) is 12.3. The highest BCUT2D eigenvalue weighted by Crippen LogP contribution is 2.25. The number of H-pyrrole nitrogens is 1. The SMILES string of the molecule is O=C(CSc1cc(Cl)c(Cl)cn1)N/N=C/c1c[nH]c2ccccc12. The Morgan fingerprint density at radius 2 is 2.17 bits per heavy atom. The van der Waals surface area contributed by atoms with Crippen LogP contribution in [0.2, 0.25) is 10.0 Å². The van der Waals surface area contributed by atoms with Crippen LogP contribution in [-0.4, -0.2) is 27.8 Å². The van der Waals surface area contributed by atoms with Gasteiger partial charge in [-0.1, -0.05) is 53.2 Å². The van der Waals surface area contributed by atoms with Crippen molar-refractivity contribution in [2.24, 2.45) is 5.10 Å². The number of halogens is 2. The number of hydrazone groups is 1. The number of amides is 1. The fourth-order valence-electron chi connectivity index (χ4n) is 2.02. The predicted octanol–water partition coefficient (Wildman–Crippen LogP) is 4.11. The average molecular weight is 379 g/mol. The maximum Gasteiger partial charge on any atom is 0.250 e. The van der Waals surface area contributed by atoms with E-state index in [1.807, 2.05) is 30.5 Å². The summed E-state index contributed by atoms with van der Waals surface area (Å²) in [4.78, 5) is 19.1. The number of pyridine rings is 1. The summed E-state index contributed by atoms with van der Waals surface area (Å²) in [5.74, 6) is -0.0557. The molecule has 0 aliphatic heterocycles. The van der Waals surface area contributed by atoms with Gasteiger partial charge < -0.3 is 4.98 Å². The molecular formula is C16H12Cl2N4OS. The number of fused-ring (bicyclic) bond motifs is 1. The molecule has 24 heavy (non-hydrogen) atoms. The van der Waals surface area contributed by atoms with Crippen molar-refractivity contribution in [3.8, 4) is 0 Å². The van der Waals surface area contributed by atoms with E-state index in [1.165, 1.54) is 18.0 Å². The fraction of sp³-hybridized carbons (Fsp3) is 0.0625. The molecule has 2 N–H and O–H groups in total. The maximum atomic E-state index is 11.8. The Morgan fingerprint density at radius 3 is 3.00 bits per heavy atom. The summed E-state index contributed by atoms with van der Waals surface area (Å²) < 4.78 is 0. The minimum absolute atomic E-state index is 0.177. The fourth-order valence-corrected chi connectivity index (χ4v) is 3.01. The summed E-state index contributed by atoms with van der Waals surface area (Å²) in [6.07, 6.45) is 4.91. The zero-order valence-corrected chi connectivity index (χ0v) is 14.6. The van der Waals surface area contributed by atoms with Gasteiger partial charge in [-0.25, -0.2) is 10.4 Å². The van der Waals surface area contributed by atoms with Gasteiger partial charge in [-0.05, 0) is 12.1 Å². The van der Waals surface area contributed by atoms with E-state index in [9.17, 15) is 4.79 Å². The van der Waals surface area contributed by atoms with Crippen LogP contribution in [0.5, 0.6) is 0 Å². The molecule has 1 amide bonds. The third-order valence-electron chi connectivity index (χ3n) is 3.15. The van der Waals surface area contributed by atoms with Crippen molar-refractivity contribution in [2.75, 3.05) is 5.75 Å². The molecule has 122 valence electrons. The number of rotatable bonds is 5. The topological polar surface area (TPSA) is 70.1 Å². The van der Waals surface area contributed by atoms with Crippen molar-refractivity contribution in [3.63, 3.8) is 0 Å². The summed E-state index contributed by atoms with van der Waals surface area (Å²) in [7, 11) is 0. The number of carbonyl (C=O) groups is 1. The summed E-state index contributed by atoms with van der Waals surface area (Å²) >= 11 is 13.0. The molecule has 0 aliphatic carbocycles. The standard InChI is InChI=1S/C16H12Cl2N4OS/c17-12-5-16(20-8-13(12)18)24-9-15(23)22-21-7-10-6-19-14-4-2-1-3-11(10)14/h1-8,19H,9H2,(H,22,23)/b21-7+. The van der Waals surface area contributed by atoms with E-state index in [1.54, 1.807) is 12.3 Å². The molecule has 8 heteroatoms. The van der Waals surface area contributed by atoms with Crippen LogP contribution in [0.1, 0.15) is 5.56 Å². The summed E-state index contributed by atoms with van der Waals surface area (Å²) in [6.45, 7) is 0. The highest BCUT2D eigenvalue weighted by atomic mass is 35.5. The van der Waals surface area contributed by atoms with Gasteiger partial charge in [-0.3, -0.25) is 4.79 Å². The Balaban J connectivity index is 1.54. The molecule has 2 aromatic heterocycles. The lowest BCUT2D eigenvalue weighted by atomic mass is 10.2. The molecule has 0 atom stereocenters. The van der Waals surface area contributed by atoms with Gasteiger partial charge in [-0.15, -0.1) is 0 Å². The van der Waals surface area contributed by atoms with Crippen molar-refractivity contribution in [2.45, 2.75) is 5.03 Å². The number of nitrogens with one attached hydrogen (secondary N) is 2. The van der Waals surface area contributed by atoms with Crippen LogP contribution in [0.15, 0.2) is 52.9 Å². The average Bonchev–Trinajstić information content (AvgIpc) is 2.99. The van der Waals surface area contributed by atoms with Gasteiger partial charge in [0.15, 0.2) is 0 Å². The molecule has 0 saturated carbocycles. The molecule has 5 nitrogen and oxygen atoms in total. The summed E-state index contributed by atoms with van der Waals surface area (Å²) in [5.41, 5.74) is 4.42. The first-order chi connectivity index (χ1) is 11.6. The number of hydrogen-bond donors (Lipinski definition) is 2. The van der Waals surface area contributed by atoms with E-state index < -0.39 is 0 Å². The normalized spacial score (nSPS) is 11.2. The minimum Gasteiger partial charge on any atom is -0.361 e. The maximum absolute atomic E-state index is 11.8. The molecule has 0 spiro atoms. The van der Waals surface area contributed by atoms with E-state index in [2.05, 4.69) is 20.5 Å². The molecule has 0 saturated heterocycles. The van der Waals surface area contributed by atoms with Crippen LogP contribution in [0, 0.1) is 0 Å². The lowest BCUT2D eigenvalue weighted by Gasteiger charge is -2.01. The van der Waals surface area contributed by atoms with E-state index in [-0.39, 0.29) is 11.7 Å². The van der Waals surface area contributed by atoms with Crippen molar-refractivity contribution in [3.05, 3.63) is 58.3 Å². The van der Waals surface area contributed by atoms with E-state index in [0.717, 1.165) is 16.5 Å². The molecule has 0 aliphatic rings. The van der Waals surface area contributed by atoms with Gasteiger partial charge in [0.1, 0.15) is 0 Å². The van der Waals surface area contributed by atoms with Crippen LogP contribution < -0.4 is 5.43 Å². The molecule has 0 radical (unpaired) electrons. The first-order valence-corrected chi connectivity index (χ1v) is 8.69. The van der Waals surface area contributed by atoms with Gasteiger partial charge in [0.05, 0.1) is 27.0 Å². The van der Waals surface area contributed by atoms with Crippen LogP contribution in [0.3, 0.4) is 0 Å². The number of para-hydroxylation sites is 1. The van der Waals surface area contributed by atoms with Crippen LogP contribution in [0.4, 0.5) is 0 Å². The molecule has 3 rings (SSSR count). The second-order valence-electron chi connectivity index (χ2n) is 4.81. The third kappa shape index (κ3) is 4.08. The van der Waals surface area contributed by atoms with Gasteiger partial charge >= 0.3 is 0 Å². The minimum atomic E-state index is -0.232. The van der Waals surface area contributed by atoms with E-state index >= 15 is 0 Å². The zero-order chi connectivity index (χ0) is 16.9. The number of benzene rings is 1. The van der Waals surface area contributed by atoms with Crippen molar-refractivity contribution in [1.29, 1.82) is 0 Å². The van der Waals surface area contributed by atoms with Crippen LogP contribution in [0.25, 0.3) is 10.9 Å². The third-order valence-corrected chi connectivity index (χ3v) is 4.78. The lowest BCUT2D eigenvalue weighted by Crippen LogP contribution is -2.19. The molecule has 0 bridgehead atoms. The van der Waals surface area contributed by atoms with Gasteiger partial charge in [-0.2, -0.15) is 5.10 Å². The molecule has 3 aromatic rings. The summed E-state index contributed by atoms with van der Waals surface area (Å²) in [5, 5.41) is 6.45. The quantitative estimate of drug-likeness (QED) is 0.398. The molecule has 1 aromatic carbocycles. The number of thioether (sulfide) groups is 1. The van der Waals surface area contributed by atoms with Crippen LogP contribution in [-0.2, 0) is 4.79 Å². The number of hydrogen-bond acceptors (Lipinski definition) is 4. The Bertz CT molecular complexity index is 910. The number of aromatic amines is 1. The van der Waals surface area contributed by atoms with Gasteiger partial charge in [0, 0.05) is 28.9 Å². The Morgan fingerprint density at radius 1 is 1.33 bits per heavy atom. The largest absolute Gasteiger partial charge is 0.361 e. The smallest absolute Gasteiger partial charge is 0.250 e. The van der Waals surface area contributed by atoms with E-state index in [0.29, 0.717) is 15.1 Å². The highest BCUT2D eigenvalue weighted by molar-refractivity contribution is 7.99. The molecular weight excluding hydrogens is 367 g/mol.